The van der Waals surface area contributed by atoms with Crippen LogP contribution in [0.15, 0.2) is 27.8 Å². The van der Waals surface area contributed by atoms with Crippen molar-refractivity contribution in [3.63, 3.8) is 0 Å². The highest BCUT2D eigenvalue weighted by molar-refractivity contribution is 5.67. The molecule has 0 bridgehead atoms. The highest BCUT2D eigenvalue weighted by Gasteiger charge is 2.56. The second kappa shape index (κ2) is 9.12. The number of hydrazine groups is 1. The Morgan fingerprint density at radius 2 is 1.81 bits per heavy atom. The third-order valence-corrected chi connectivity index (χ3v) is 6.41. The molecule has 3 aliphatic rings. The van der Waals surface area contributed by atoms with Gasteiger partial charge in [0.1, 0.15) is 5.82 Å². The van der Waals surface area contributed by atoms with Gasteiger partial charge in [0.25, 0.3) is 0 Å². The molecule has 0 saturated heterocycles. The topological polar surface area (TPSA) is 68.9 Å². The lowest BCUT2D eigenvalue weighted by Crippen LogP contribution is -2.53. The van der Waals surface area contributed by atoms with Crippen molar-refractivity contribution in [2.24, 2.45) is 28.6 Å². The van der Waals surface area contributed by atoms with E-state index in [4.69, 9.17) is 5.84 Å². The van der Waals surface area contributed by atoms with Crippen LogP contribution in [0.25, 0.3) is 0 Å². The van der Waals surface area contributed by atoms with Gasteiger partial charge < -0.3 is 15.2 Å². The lowest BCUT2D eigenvalue weighted by atomic mass is 9.78. The Kier molecular flexibility index (Phi) is 7.04. The first kappa shape index (κ1) is 24.7. The van der Waals surface area contributed by atoms with E-state index in [1.807, 2.05) is 11.9 Å². The number of alkyl halides is 6. The molecule has 0 aromatic heterocycles. The van der Waals surface area contributed by atoms with Crippen molar-refractivity contribution in [1.82, 2.24) is 20.5 Å². The summed E-state index contributed by atoms with van der Waals surface area (Å²) in [6, 6.07) is -3.50. The van der Waals surface area contributed by atoms with Crippen molar-refractivity contribution in [3.05, 3.63) is 22.8 Å². The van der Waals surface area contributed by atoms with E-state index < -0.39 is 18.4 Å². The molecule has 0 radical (unpaired) electrons. The summed E-state index contributed by atoms with van der Waals surface area (Å²) in [5.41, 5.74) is 2.95. The minimum atomic E-state index is -5.38. The number of rotatable bonds is 5. The zero-order valence-electron chi connectivity index (χ0n) is 18.3. The fourth-order valence-electron chi connectivity index (χ4n) is 4.84. The van der Waals surface area contributed by atoms with E-state index >= 15 is 0 Å². The number of allylic oxidation sites excluding steroid dienone is 2. The minimum absolute atomic E-state index is 0.0489. The molecule has 1 aliphatic carbocycles. The monoisotopic (exact) mass is 468 g/mol. The van der Waals surface area contributed by atoms with Gasteiger partial charge in [-0.1, -0.05) is 6.92 Å². The molecule has 3 rings (SSSR count). The smallest absolute Gasteiger partial charge is 0.369 e. The number of hydrogen-bond acceptors (Lipinski definition) is 6. The Hall–Kier alpha value is -1.95. The van der Waals surface area contributed by atoms with E-state index in [-0.39, 0.29) is 24.3 Å². The molecule has 2 heterocycles. The van der Waals surface area contributed by atoms with Crippen LogP contribution in [0.3, 0.4) is 0 Å². The fourth-order valence-corrected chi connectivity index (χ4v) is 4.84. The van der Waals surface area contributed by atoms with Crippen LogP contribution in [0.4, 0.5) is 26.3 Å². The van der Waals surface area contributed by atoms with Crippen LogP contribution in [0.2, 0.25) is 0 Å². The number of halogens is 6. The maximum absolute atomic E-state index is 12.8. The summed E-state index contributed by atoms with van der Waals surface area (Å²) >= 11 is 0. The minimum Gasteiger partial charge on any atom is -0.369 e. The van der Waals surface area contributed by atoms with Crippen molar-refractivity contribution >= 4 is 6.34 Å². The van der Waals surface area contributed by atoms with Crippen LogP contribution in [0, 0.1) is 17.8 Å². The summed E-state index contributed by atoms with van der Waals surface area (Å²) in [4.78, 5) is 6.36. The maximum atomic E-state index is 12.8. The molecule has 0 amide bonds. The van der Waals surface area contributed by atoms with Gasteiger partial charge in [0.05, 0.1) is 17.7 Å². The summed E-state index contributed by atoms with van der Waals surface area (Å²) in [7, 11) is 3.64. The molecule has 2 aliphatic heterocycles. The quantitative estimate of drug-likeness (QED) is 0.328. The SMILES string of the molecule is CC1CNC2=C1/C(=C(\C1CCC(CNC(C(F)(F)F)C(F)(F)F)CC1)N(C)N)N(C)C=N2. The molecule has 4 N–H and O–H groups in total. The van der Waals surface area contributed by atoms with Crippen molar-refractivity contribution in [2.45, 2.75) is 51.0 Å². The maximum Gasteiger partial charge on any atom is 0.412 e. The van der Waals surface area contributed by atoms with E-state index in [0.717, 1.165) is 29.3 Å². The van der Waals surface area contributed by atoms with Gasteiger partial charge in [0.2, 0.25) is 6.04 Å². The molecule has 0 spiro atoms. The van der Waals surface area contributed by atoms with Gasteiger partial charge in [-0.3, -0.25) is 5.32 Å². The summed E-state index contributed by atoms with van der Waals surface area (Å²) in [5, 5.41) is 6.56. The zero-order valence-corrected chi connectivity index (χ0v) is 18.3. The third kappa shape index (κ3) is 5.16. The first-order valence-electron chi connectivity index (χ1n) is 10.7. The number of nitrogens with one attached hydrogen (secondary N) is 2. The second-order valence-electron chi connectivity index (χ2n) is 8.89. The predicted octanol–water partition coefficient (Wildman–Crippen LogP) is 3.32. The van der Waals surface area contributed by atoms with Crippen molar-refractivity contribution in [1.29, 1.82) is 0 Å². The number of nitrogens with two attached hydrogens (primary N) is 1. The van der Waals surface area contributed by atoms with Gasteiger partial charge in [-0.2, -0.15) is 26.3 Å². The van der Waals surface area contributed by atoms with Gasteiger partial charge in [0.15, 0.2) is 0 Å². The molecule has 6 nitrogen and oxygen atoms in total. The molecular formula is C20H30F6N6. The van der Waals surface area contributed by atoms with E-state index in [0.29, 0.717) is 25.7 Å². The van der Waals surface area contributed by atoms with Crippen LogP contribution in [-0.4, -0.2) is 61.8 Å². The van der Waals surface area contributed by atoms with Crippen LogP contribution in [0.5, 0.6) is 0 Å². The molecule has 1 unspecified atom stereocenters. The highest BCUT2D eigenvalue weighted by Crippen LogP contribution is 2.41. The van der Waals surface area contributed by atoms with Gasteiger partial charge in [-0.15, -0.1) is 0 Å². The number of hydrogen-bond donors (Lipinski definition) is 3. The molecule has 12 heteroatoms. The summed E-state index contributed by atoms with van der Waals surface area (Å²) < 4.78 is 76.7. The Morgan fingerprint density at radius 1 is 1.22 bits per heavy atom. The lowest BCUT2D eigenvalue weighted by Gasteiger charge is -2.37. The van der Waals surface area contributed by atoms with Crippen LogP contribution in [0.1, 0.15) is 32.6 Å². The van der Waals surface area contributed by atoms with Gasteiger partial charge in [-0.05, 0) is 38.1 Å². The molecule has 1 saturated carbocycles. The first-order chi connectivity index (χ1) is 14.8. The Labute approximate surface area is 183 Å². The molecular weight excluding hydrogens is 438 g/mol. The average molecular weight is 468 g/mol. The Morgan fingerprint density at radius 3 is 2.34 bits per heavy atom. The fraction of sp³-hybridized carbons (Fsp3) is 0.750. The van der Waals surface area contributed by atoms with Crippen molar-refractivity contribution in [2.75, 3.05) is 27.2 Å². The van der Waals surface area contributed by atoms with E-state index in [9.17, 15) is 26.3 Å². The molecule has 1 fully saturated rings. The van der Waals surface area contributed by atoms with Gasteiger partial charge in [0, 0.05) is 38.0 Å². The van der Waals surface area contributed by atoms with Crippen LogP contribution < -0.4 is 16.5 Å². The largest absolute Gasteiger partial charge is 0.412 e. The standard InChI is InChI=1S/C20H30F6N6/c1-11-8-28-17-14(11)16(31(2)10-30-17)15(32(3)27)13-6-4-12(5-7-13)9-29-18(19(21,22)23)20(24,25)26/h10-13,18,28-29H,4-9,27H2,1-3H3/b16-15-. The molecule has 182 valence electrons. The van der Waals surface area contributed by atoms with Gasteiger partial charge >= 0.3 is 12.4 Å². The number of nitrogens with zero attached hydrogens (tertiary/aromatic N) is 3. The van der Waals surface area contributed by atoms with E-state index in [1.165, 1.54) is 0 Å². The Balaban J connectivity index is 1.72. The second-order valence-corrected chi connectivity index (χ2v) is 8.89. The summed E-state index contributed by atoms with van der Waals surface area (Å²) in [6.45, 7) is 2.53. The number of likely N-dealkylation sites (N-methyl/N-ethyl adjacent to an activating group) is 1. The Bertz CT molecular complexity index is 762. The normalized spacial score (nSPS) is 28.2. The van der Waals surface area contributed by atoms with Crippen molar-refractivity contribution < 1.29 is 26.3 Å². The molecule has 32 heavy (non-hydrogen) atoms. The summed E-state index contributed by atoms with van der Waals surface area (Å²) in [5.74, 6) is 7.05. The van der Waals surface area contributed by atoms with Crippen LogP contribution >= 0.6 is 0 Å². The van der Waals surface area contributed by atoms with E-state index in [2.05, 4.69) is 17.2 Å². The van der Waals surface area contributed by atoms with Crippen molar-refractivity contribution in [3.8, 4) is 0 Å². The molecule has 0 aromatic rings. The van der Waals surface area contributed by atoms with Crippen LogP contribution in [-0.2, 0) is 0 Å². The zero-order chi connectivity index (χ0) is 23.8. The first-order valence-corrected chi connectivity index (χ1v) is 10.7. The number of aliphatic imine (C=N–C) groups is 1. The predicted molar refractivity (Wildman–Crippen MR) is 109 cm³/mol. The average Bonchev–Trinajstić information content (AvgIpc) is 3.04. The third-order valence-electron chi connectivity index (χ3n) is 6.41. The highest BCUT2D eigenvalue weighted by atomic mass is 19.4. The lowest BCUT2D eigenvalue weighted by molar-refractivity contribution is -0.258. The molecule has 1 atom stereocenters. The van der Waals surface area contributed by atoms with Gasteiger partial charge in [-0.25, -0.2) is 10.8 Å². The summed E-state index contributed by atoms with van der Waals surface area (Å²) in [6.07, 6.45) is -6.74. The van der Waals surface area contributed by atoms with E-state index in [1.54, 1.807) is 23.7 Å². The molecule has 0 aromatic carbocycles.